The Bertz CT molecular complexity index is 1010. The summed E-state index contributed by atoms with van der Waals surface area (Å²) in [5.74, 6) is 0.183. The number of carbonyl (C=O) groups excluding carboxylic acids is 1. The lowest BCUT2D eigenvalue weighted by atomic mass is 10.2. The largest absolute Gasteiger partial charge is 0.451 e. The van der Waals surface area contributed by atoms with E-state index in [0.717, 1.165) is 5.39 Å². The molecule has 1 N–H and O–H groups in total. The molecule has 2 aromatic heterocycles. The van der Waals surface area contributed by atoms with Crippen LogP contribution in [0, 0.1) is 0 Å². The Kier molecular flexibility index (Phi) is 3.51. The van der Waals surface area contributed by atoms with Gasteiger partial charge in [-0.25, -0.2) is 0 Å². The molecule has 0 aliphatic heterocycles. The number of fused-ring (bicyclic) bond motifs is 1. The molecule has 0 spiro atoms. The molecule has 0 saturated carbocycles. The van der Waals surface area contributed by atoms with E-state index in [0.29, 0.717) is 21.9 Å². The first-order chi connectivity index (χ1) is 11.7. The van der Waals surface area contributed by atoms with Crippen molar-refractivity contribution >= 4 is 34.5 Å². The van der Waals surface area contributed by atoms with E-state index in [-0.39, 0.29) is 11.9 Å². The summed E-state index contributed by atoms with van der Waals surface area (Å²) < 4.78 is 11.1. The van der Waals surface area contributed by atoms with E-state index < -0.39 is 5.91 Å². The smallest absolute Gasteiger partial charge is 0.322 e. The van der Waals surface area contributed by atoms with E-state index in [1.807, 2.05) is 24.3 Å². The second-order valence-electron chi connectivity index (χ2n) is 4.99. The van der Waals surface area contributed by atoms with Gasteiger partial charge in [0.1, 0.15) is 5.58 Å². The van der Waals surface area contributed by atoms with Crippen LogP contribution in [0.1, 0.15) is 10.4 Å². The summed E-state index contributed by atoms with van der Waals surface area (Å²) in [6, 6.07) is 16.0. The molecular formula is C17H10ClN3O3. The number of carbonyl (C=O) groups is 1. The zero-order chi connectivity index (χ0) is 16.5. The van der Waals surface area contributed by atoms with Gasteiger partial charge in [0, 0.05) is 5.39 Å². The Labute approximate surface area is 141 Å². The van der Waals surface area contributed by atoms with Crippen molar-refractivity contribution in [3.8, 4) is 11.7 Å². The summed E-state index contributed by atoms with van der Waals surface area (Å²) in [4.78, 5) is 12.2. The molecule has 0 aliphatic carbocycles. The molecule has 7 heteroatoms. The summed E-state index contributed by atoms with van der Waals surface area (Å²) in [5.41, 5.74) is 1.04. The molecule has 0 saturated heterocycles. The number of rotatable bonds is 3. The third-order valence-corrected chi connectivity index (χ3v) is 3.73. The van der Waals surface area contributed by atoms with Gasteiger partial charge in [0.15, 0.2) is 5.76 Å². The lowest BCUT2D eigenvalue weighted by molar-refractivity contribution is 0.102. The van der Waals surface area contributed by atoms with Crippen LogP contribution in [0.15, 0.2) is 63.4 Å². The number of halogens is 1. The van der Waals surface area contributed by atoms with E-state index >= 15 is 0 Å². The summed E-state index contributed by atoms with van der Waals surface area (Å²) in [5, 5.41) is 11.5. The van der Waals surface area contributed by atoms with Crippen LogP contribution < -0.4 is 5.32 Å². The molecule has 0 fully saturated rings. The Morgan fingerprint density at radius 3 is 2.62 bits per heavy atom. The zero-order valence-electron chi connectivity index (χ0n) is 12.2. The molecule has 6 nitrogen and oxygen atoms in total. The highest BCUT2D eigenvalue weighted by atomic mass is 35.5. The molecule has 4 rings (SSSR count). The molecule has 0 radical (unpaired) electrons. The minimum atomic E-state index is -0.430. The summed E-state index contributed by atoms with van der Waals surface area (Å²) in [6.45, 7) is 0. The van der Waals surface area contributed by atoms with Gasteiger partial charge >= 0.3 is 6.01 Å². The fraction of sp³-hybridized carbons (Fsp3) is 0. The van der Waals surface area contributed by atoms with Crippen molar-refractivity contribution in [2.75, 3.05) is 5.32 Å². The van der Waals surface area contributed by atoms with Crippen LogP contribution in [-0.2, 0) is 0 Å². The quantitative estimate of drug-likeness (QED) is 0.598. The van der Waals surface area contributed by atoms with Gasteiger partial charge in [-0.2, -0.15) is 0 Å². The van der Waals surface area contributed by atoms with Crippen LogP contribution in [0.5, 0.6) is 0 Å². The van der Waals surface area contributed by atoms with Crippen LogP contribution >= 0.6 is 11.6 Å². The standard InChI is InChI=1S/C17H10ClN3O3/c18-12-7-3-2-6-11(12)15(22)19-17-21-20-16(24-17)14-9-10-5-1-4-8-13(10)23-14/h1-9H,(H,19,21,22). The van der Waals surface area contributed by atoms with Crippen molar-refractivity contribution in [2.45, 2.75) is 0 Å². The highest BCUT2D eigenvalue weighted by Crippen LogP contribution is 2.27. The van der Waals surface area contributed by atoms with Gasteiger partial charge in [-0.15, -0.1) is 5.10 Å². The fourth-order valence-corrected chi connectivity index (χ4v) is 2.49. The summed E-state index contributed by atoms with van der Waals surface area (Å²) >= 11 is 5.99. The monoisotopic (exact) mass is 339 g/mol. The Morgan fingerprint density at radius 2 is 1.79 bits per heavy atom. The van der Waals surface area contributed by atoms with E-state index in [2.05, 4.69) is 15.5 Å². The normalized spacial score (nSPS) is 10.9. The number of para-hydroxylation sites is 1. The van der Waals surface area contributed by atoms with Gasteiger partial charge in [0.05, 0.1) is 10.6 Å². The van der Waals surface area contributed by atoms with Crippen molar-refractivity contribution in [3.05, 3.63) is 65.2 Å². The Hall–Kier alpha value is -3.12. The third-order valence-electron chi connectivity index (χ3n) is 3.40. The SMILES string of the molecule is O=C(Nc1nnc(-c2cc3ccccc3o2)o1)c1ccccc1Cl. The van der Waals surface area contributed by atoms with Gasteiger partial charge in [-0.05, 0) is 24.3 Å². The van der Waals surface area contributed by atoms with Gasteiger partial charge in [-0.3, -0.25) is 10.1 Å². The van der Waals surface area contributed by atoms with Crippen LogP contribution in [0.4, 0.5) is 6.01 Å². The second kappa shape index (κ2) is 5.82. The number of hydrogen-bond acceptors (Lipinski definition) is 5. The number of nitrogens with zero attached hydrogens (tertiary/aromatic N) is 2. The number of amides is 1. The van der Waals surface area contributed by atoms with Crippen molar-refractivity contribution in [2.24, 2.45) is 0 Å². The molecule has 0 aliphatic rings. The van der Waals surface area contributed by atoms with E-state index in [4.69, 9.17) is 20.4 Å². The molecule has 4 aromatic rings. The summed E-state index contributed by atoms with van der Waals surface area (Å²) in [6.07, 6.45) is 0. The third kappa shape index (κ3) is 2.63. The molecule has 1 amide bonds. The Morgan fingerprint density at radius 1 is 1.00 bits per heavy atom. The van der Waals surface area contributed by atoms with Gasteiger partial charge in [-0.1, -0.05) is 47.0 Å². The predicted octanol–water partition coefficient (Wildman–Crippen LogP) is 4.39. The van der Waals surface area contributed by atoms with Gasteiger partial charge in [0.25, 0.3) is 11.8 Å². The number of anilines is 1. The maximum absolute atomic E-state index is 12.2. The summed E-state index contributed by atoms with van der Waals surface area (Å²) in [7, 11) is 0. The minimum Gasteiger partial charge on any atom is -0.451 e. The van der Waals surface area contributed by atoms with Crippen LogP contribution in [0.2, 0.25) is 5.02 Å². The first-order valence-electron chi connectivity index (χ1n) is 7.09. The highest BCUT2D eigenvalue weighted by Gasteiger charge is 2.16. The highest BCUT2D eigenvalue weighted by molar-refractivity contribution is 6.34. The molecule has 24 heavy (non-hydrogen) atoms. The molecular weight excluding hydrogens is 330 g/mol. The number of benzene rings is 2. The van der Waals surface area contributed by atoms with Crippen LogP contribution in [0.3, 0.4) is 0 Å². The van der Waals surface area contributed by atoms with E-state index in [9.17, 15) is 4.79 Å². The van der Waals surface area contributed by atoms with Crippen molar-refractivity contribution in [1.82, 2.24) is 10.2 Å². The van der Waals surface area contributed by atoms with Crippen LogP contribution in [-0.4, -0.2) is 16.1 Å². The number of furan rings is 1. The molecule has 118 valence electrons. The Balaban J connectivity index is 1.58. The lowest BCUT2D eigenvalue weighted by Gasteiger charge is -2.01. The van der Waals surface area contributed by atoms with Gasteiger partial charge in [0.2, 0.25) is 0 Å². The molecule has 0 bridgehead atoms. The number of nitrogens with one attached hydrogen (secondary N) is 1. The van der Waals surface area contributed by atoms with E-state index in [1.54, 1.807) is 30.3 Å². The van der Waals surface area contributed by atoms with E-state index in [1.165, 1.54) is 0 Å². The average Bonchev–Trinajstić information content (AvgIpc) is 3.21. The van der Waals surface area contributed by atoms with Crippen molar-refractivity contribution in [3.63, 3.8) is 0 Å². The molecule has 0 unspecified atom stereocenters. The number of hydrogen-bond donors (Lipinski definition) is 1. The molecule has 2 aromatic carbocycles. The minimum absolute atomic E-state index is 0.0321. The topological polar surface area (TPSA) is 81.2 Å². The first-order valence-corrected chi connectivity index (χ1v) is 7.47. The van der Waals surface area contributed by atoms with Crippen molar-refractivity contribution in [1.29, 1.82) is 0 Å². The maximum Gasteiger partial charge on any atom is 0.322 e. The molecule has 0 atom stereocenters. The molecule has 2 heterocycles. The van der Waals surface area contributed by atoms with Gasteiger partial charge < -0.3 is 8.83 Å². The lowest BCUT2D eigenvalue weighted by Crippen LogP contribution is -2.12. The predicted molar refractivity (Wildman–Crippen MR) is 88.9 cm³/mol. The average molecular weight is 340 g/mol. The number of aromatic nitrogens is 2. The first kappa shape index (κ1) is 14.5. The zero-order valence-corrected chi connectivity index (χ0v) is 12.9. The fourth-order valence-electron chi connectivity index (χ4n) is 2.27. The maximum atomic E-state index is 12.2. The van der Waals surface area contributed by atoms with Crippen molar-refractivity contribution < 1.29 is 13.6 Å². The second-order valence-corrected chi connectivity index (χ2v) is 5.40. The van der Waals surface area contributed by atoms with Crippen LogP contribution in [0.25, 0.3) is 22.6 Å².